The SMILES string of the molecule is O=C(NCc1cccc(Br)c1)c1cccc(C2CCCN(C(=O)Nc3ccccc3)C2)c1. The molecular formula is C26H26BrN3O2. The number of anilines is 1. The summed E-state index contributed by atoms with van der Waals surface area (Å²) in [5, 5.41) is 5.96. The first kappa shape index (κ1) is 22.1. The zero-order chi connectivity index (χ0) is 22.3. The molecule has 4 rings (SSSR count). The molecule has 1 aliphatic rings. The highest BCUT2D eigenvalue weighted by molar-refractivity contribution is 9.10. The fraction of sp³-hybridized carbons (Fsp3) is 0.231. The lowest BCUT2D eigenvalue weighted by atomic mass is 9.89. The Morgan fingerprint density at radius 1 is 0.969 bits per heavy atom. The summed E-state index contributed by atoms with van der Waals surface area (Å²) in [6.07, 6.45) is 1.93. The lowest BCUT2D eigenvalue weighted by molar-refractivity contribution is 0.0950. The van der Waals surface area contributed by atoms with Crippen LogP contribution in [0.3, 0.4) is 0 Å². The number of halogens is 1. The number of nitrogens with one attached hydrogen (secondary N) is 2. The van der Waals surface area contributed by atoms with Crippen molar-refractivity contribution in [1.82, 2.24) is 10.2 Å². The molecule has 0 bridgehead atoms. The molecule has 0 spiro atoms. The van der Waals surface area contributed by atoms with Crippen LogP contribution in [-0.2, 0) is 6.54 Å². The average Bonchev–Trinajstić information content (AvgIpc) is 2.83. The number of nitrogens with zero attached hydrogens (tertiary/aromatic N) is 1. The highest BCUT2D eigenvalue weighted by Gasteiger charge is 2.25. The average molecular weight is 492 g/mol. The second kappa shape index (κ2) is 10.5. The number of urea groups is 1. The Morgan fingerprint density at radius 2 is 1.78 bits per heavy atom. The molecule has 0 aromatic heterocycles. The van der Waals surface area contributed by atoms with Gasteiger partial charge in [0.05, 0.1) is 0 Å². The van der Waals surface area contributed by atoms with E-state index in [1.165, 1.54) is 0 Å². The third-order valence-electron chi connectivity index (χ3n) is 5.70. The van der Waals surface area contributed by atoms with Gasteiger partial charge in [-0.3, -0.25) is 4.79 Å². The molecule has 1 atom stereocenters. The second-order valence-electron chi connectivity index (χ2n) is 8.02. The molecule has 3 aromatic carbocycles. The molecule has 1 fully saturated rings. The molecular weight excluding hydrogens is 466 g/mol. The highest BCUT2D eigenvalue weighted by atomic mass is 79.9. The summed E-state index contributed by atoms with van der Waals surface area (Å²) in [7, 11) is 0. The van der Waals surface area contributed by atoms with Crippen LogP contribution in [-0.4, -0.2) is 29.9 Å². The van der Waals surface area contributed by atoms with Gasteiger partial charge in [0.15, 0.2) is 0 Å². The number of hydrogen-bond acceptors (Lipinski definition) is 2. The minimum Gasteiger partial charge on any atom is -0.348 e. The van der Waals surface area contributed by atoms with E-state index in [1.54, 1.807) is 0 Å². The van der Waals surface area contributed by atoms with Crippen LogP contribution < -0.4 is 10.6 Å². The van der Waals surface area contributed by atoms with Crippen LogP contribution in [0.5, 0.6) is 0 Å². The van der Waals surface area contributed by atoms with Gasteiger partial charge in [-0.15, -0.1) is 0 Å². The molecule has 3 amide bonds. The van der Waals surface area contributed by atoms with Gasteiger partial charge in [-0.1, -0.05) is 58.4 Å². The van der Waals surface area contributed by atoms with Crippen LogP contribution in [0.15, 0.2) is 83.3 Å². The van der Waals surface area contributed by atoms with Crippen molar-refractivity contribution in [1.29, 1.82) is 0 Å². The summed E-state index contributed by atoms with van der Waals surface area (Å²) >= 11 is 3.46. The highest BCUT2D eigenvalue weighted by Crippen LogP contribution is 2.28. The van der Waals surface area contributed by atoms with Gasteiger partial charge in [0.2, 0.25) is 0 Å². The number of hydrogen-bond donors (Lipinski definition) is 2. The van der Waals surface area contributed by atoms with Crippen molar-refractivity contribution >= 4 is 33.6 Å². The van der Waals surface area contributed by atoms with Crippen molar-refractivity contribution in [3.05, 3.63) is 100 Å². The maximum Gasteiger partial charge on any atom is 0.321 e. The van der Waals surface area contributed by atoms with Crippen molar-refractivity contribution in [3.8, 4) is 0 Å². The largest absolute Gasteiger partial charge is 0.348 e. The van der Waals surface area contributed by atoms with E-state index in [0.29, 0.717) is 18.7 Å². The van der Waals surface area contributed by atoms with E-state index in [9.17, 15) is 9.59 Å². The number of piperidine rings is 1. The Balaban J connectivity index is 1.38. The quantitative estimate of drug-likeness (QED) is 0.474. The minimum atomic E-state index is -0.0960. The van der Waals surface area contributed by atoms with Crippen LogP contribution in [0.2, 0.25) is 0 Å². The van der Waals surface area contributed by atoms with Crippen molar-refractivity contribution in [3.63, 3.8) is 0 Å². The van der Waals surface area contributed by atoms with Gasteiger partial charge in [0.1, 0.15) is 0 Å². The molecule has 0 radical (unpaired) electrons. The zero-order valence-corrected chi connectivity index (χ0v) is 19.3. The number of likely N-dealkylation sites (tertiary alicyclic amines) is 1. The topological polar surface area (TPSA) is 61.4 Å². The Kier molecular flexibility index (Phi) is 7.22. The van der Waals surface area contributed by atoms with Gasteiger partial charge in [0.25, 0.3) is 5.91 Å². The standard InChI is InChI=1S/C26H26BrN3O2/c27-23-11-4-7-19(15-23)17-28-25(31)21-9-5-8-20(16-21)22-10-6-14-30(18-22)26(32)29-24-12-2-1-3-13-24/h1-5,7-9,11-13,15-16,22H,6,10,14,17-18H2,(H,28,31)(H,29,32). The third-order valence-corrected chi connectivity index (χ3v) is 6.19. The molecule has 32 heavy (non-hydrogen) atoms. The monoisotopic (exact) mass is 491 g/mol. The van der Waals surface area contributed by atoms with Gasteiger partial charge in [0, 0.05) is 41.3 Å². The normalized spacial score (nSPS) is 15.8. The van der Waals surface area contributed by atoms with Crippen molar-refractivity contribution < 1.29 is 9.59 Å². The Morgan fingerprint density at radius 3 is 2.59 bits per heavy atom. The van der Waals surface area contributed by atoms with Gasteiger partial charge < -0.3 is 15.5 Å². The maximum atomic E-state index is 12.7. The Hall–Kier alpha value is -3.12. The van der Waals surface area contributed by atoms with E-state index >= 15 is 0 Å². The molecule has 1 unspecified atom stereocenters. The number of benzene rings is 3. The molecule has 5 nitrogen and oxygen atoms in total. The summed E-state index contributed by atoms with van der Waals surface area (Å²) in [5.74, 6) is 0.115. The molecule has 1 saturated heterocycles. The van der Waals surface area contributed by atoms with Crippen LogP contribution in [0.25, 0.3) is 0 Å². The van der Waals surface area contributed by atoms with E-state index in [0.717, 1.165) is 40.7 Å². The molecule has 0 aliphatic carbocycles. The van der Waals surface area contributed by atoms with Gasteiger partial charge in [-0.05, 0) is 60.4 Å². The predicted molar refractivity (Wildman–Crippen MR) is 131 cm³/mol. The second-order valence-corrected chi connectivity index (χ2v) is 8.94. The first-order valence-corrected chi connectivity index (χ1v) is 11.6. The molecule has 0 saturated carbocycles. The third kappa shape index (κ3) is 5.77. The number of carbonyl (C=O) groups excluding carboxylic acids is 2. The summed E-state index contributed by atoms with van der Waals surface area (Å²) < 4.78 is 0.990. The van der Waals surface area contributed by atoms with Crippen molar-refractivity contribution in [2.24, 2.45) is 0 Å². The number of para-hydroxylation sites is 1. The van der Waals surface area contributed by atoms with E-state index in [2.05, 4.69) is 26.6 Å². The van der Waals surface area contributed by atoms with Gasteiger partial charge in [-0.2, -0.15) is 0 Å². The fourth-order valence-electron chi connectivity index (χ4n) is 4.02. The number of rotatable bonds is 5. The summed E-state index contributed by atoms with van der Waals surface area (Å²) in [6, 6.07) is 25.1. The van der Waals surface area contributed by atoms with Crippen LogP contribution >= 0.6 is 15.9 Å². The van der Waals surface area contributed by atoms with Crippen molar-refractivity contribution in [2.45, 2.75) is 25.3 Å². The summed E-state index contributed by atoms with van der Waals surface area (Å²) in [4.78, 5) is 27.3. The van der Waals surface area contributed by atoms with E-state index in [4.69, 9.17) is 0 Å². The molecule has 3 aromatic rings. The molecule has 164 valence electrons. The van der Waals surface area contributed by atoms with Gasteiger partial charge >= 0.3 is 6.03 Å². The summed E-state index contributed by atoms with van der Waals surface area (Å²) in [6.45, 7) is 1.85. The minimum absolute atomic E-state index is 0.0798. The zero-order valence-electron chi connectivity index (χ0n) is 17.8. The van der Waals surface area contributed by atoms with E-state index < -0.39 is 0 Å². The Labute approximate surface area is 197 Å². The van der Waals surface area contributed by atoms with Crippen LogP contribution in [0.1, 0.15) is 40.2 Å². The maximum absolute atomic E-state index is 12.7. The number of carbonyl (C=O) groups is 2. The fourth-order valence-corrected chi connectivity index (χ4v) is 4.47. The number of amides is 3. The first-order valence-electron chi connectivity index (χ1n) is 10.8. The van der Waals surface area contributed by atoms with Crippen molar-refractivity contribution in [2.75, 3.05) is 18.4 Å². The molecule has 1 heterocycles. The lowest BCUT2D eigenvalue weighted by Crippen LogP contribution is -2.41. The van der Waals surface area contributed by atoms with Crippen LogP contribution in [0, 0.1) is 0 Å². The Bertz CT molecular complexity index is 1090. The van der Waals surface area contributed by atoms with Gasteiger partial charge in [-0.25, -0.2) is 4.79 Å². The van der Waals surface area contributed by atoms with Crippen LogP contribution in [0.4, 0.5) is 10.5 Å². The molecule has 6 heteroatoms. The molecule has 2 N–H and O–H groups in total. The predicted octanol–water partition coefficient (Wildman–Crippen LogP) is 5.79. The smallest absolute Gasteiger partial charge is 0.321 e. The first-order chi connectivity index (χ1) is 15.6. The lowest BCUT2D eigenvalue weighted by Gasteiger charge is -2.33. The van der Waals surface area contributed by atoms with E-state index in [1.807, 2.05) is 83.8 Å². The molecule has 1 aliphatic heterocycles. The van der Waals surface area contributed by atoms with E-state index in [-0.39, 0.29) is 17.9 Å². The summed E-state index contributed by atoms with van der Waals surface area (Å²) in [5.41, 5.74) is 3.57.